The van der Waals surface area contributed by atoms with Crippen LogP contribution in [0.4, 0.5) is 10.1 Å². The van der Waals surface area contributed by atoms with Crippen molar-refractivity contribution >= 4 is 15.5 Å². The van der Waals surface area contributed by atoms with Gasteiger partial charge >= 0.3 is 0 Å². The summed E-state index contributed by atoms with van der Waals surface area (Å²) in [6, 6.07) is 4.73. The van der Waals surface area contributed by atoms with Crippen LogP contribution in [0.1, 0.15) is 12.8 Å². The van der Waals surface area contributed by atoms with Crippen molar-refractivity contribution in [2.45, 2.75) is 18.9 Å². The summed E-state index contributed by atoms with van der Waals surface area (Å²) in [5, 5.41) is 3.15. The molecule has 1 aromatic rings. The number of hydrogen-bond acceptors (Lipinski definition) is 4. The van der Waals surface area contributed by atoms with E-state index in [9.17, 15) is 12.8 Å². The Morgan fingerprint density at radius 3 is 2.56 bits per heavy atom. The molecule has 2 rings (SSSR count). The van der Waals surface area contributed by atoms with Gasteiger partial charge in [0.2, 0.25) is 0 Å². The van der Waals surface area contributed by atoms with Gasteiger partial charge in [-0.3, -0.25) is 0 Å². The van der Waals surface area contributed by atoms with Crippen molar-refractivity contribution in [1.82, 2.24) is 0 Å². The minimum absolute atomic E-state index is 0.0846. The second-order valence-electron chi connectivity index (χ2n) is 4.42. The number of rotatable bonds is 3. The molecular weight excluding hydrogens is 257 g/mol. The highest BCUT2D eigenvalue weighted by Gasteiger charge is 2.23. The van der Waals surface area contributed by atoms with Gasteiger partial charge in [0.15, 0.2) is 11.6 Å². The van der Waals surface area contributed by atoms with Crippen LogP contribution in [0.5, 0.6) is 5.75 Å². The maximum Gasteiger partial charge on any atom is 0.167 e. The molecule has 100 valence electrons. The molecule has 18 heavy (non-hydrogen) atoms. The van der Waals surface area contributed by atoms with Gasteiger partial charge in [0.05, 0.1) is 18.6 Å². The summed E-state index contributed by atoms with van der Waals surface area (Å²) in [5.74, 6) is 0.171. The fourth-order valence-corrected chi connectivity index (χ4v) is 3.52. The highest BCUT2D eigenvalue weighted by Crippen LogP contribution is 2.23. The summed E-state index contributed by atoms with van der Waals surface area (Å²) in [5.41, 5.74) is 0.651. The number of sulfone groups is 1. The van der Waals surface area contributed by atoms with Gasteiger partial charge in [-0.15, -0.1) is 0 Å². The van der Waals surface area contributed by atoms with E-state index in [0.29, 0.717) is 18.5 Å². The largest absolute Gasteiger partial charge is 0.494 e. The quantitative estimate of drug-likeness (QED) is 0.912. The average Bonchev–Trinajstić information content (AvgIpc) is 2.32. The smallest absolute Gasteiger partial charge is 0.167 e. The van der Waals surface area contributed by atoms with Crippen LogP contribution in [0.15, 0.2) is 18.2 Å². The molecule has 0 bridgehead atoms. The zero-order valence-electron chi connectivity index (χ0n) is 10.1. The van der Waals surface area contributed by atoms with Crippen LogP contribution < -0.4 is 10.1 Å². The number of anilines is 1. The number of ether oxygens (including phenoxy) is 1. The lowest BCUT2D eigenvalue weighted by Crippen LogP contribution is -2.32. The SMILES string of the molecule is COc1ccc(NC2CCS(=O)(=O)CC2)cc1F. The molecule has 1 aromatic carbocycles. The van der Waals surface area contributed by atoms with Crippen LogP contribution in [0.25, 0.3) is 0 Å². The molecule has 1 aliphatic rings. The van der Waals surface area contributed by atoms with Crippen molar-refractivity contribution in [2.24, 2.45) is 0 Å². The van der Waals surface area contributed by atoms with Crippen LogP contribution in [0, 0.1) is 5.82 Å². The van der Waals surface area contributed by atoms with E-state index in [1.807, 2.05) is 0 Å². The molecule has 0 spiro atoms. The van der Waals surface area contributed by atoms with Crippen LogP contribution >= 0.6 is 0 Å². The third kappa shape index (κ3) is 3.13. The molecule has 0 amide bonds. The van der Waals surface area contributed by atoms with E-state index in [0.717, 1.165) is 0 Å². The first kappa shape index (κ1) is 13.1. The number of nitrogens with one attached hydrogen (secondary N) is 1. The maximum atomic E-state index is 13.5. The lowest BCUT2D eigenvalue weighted by molar-refractivity contribution is 0.386. The first-order valence-corrected chi connectivity index (χ1v) is 7.63. The van der Waals surface area contributed by atoms with Crippen molar-refractivity contribution in [3.8, 4) is 5.75 Å². The Morgan fingerprint density at radius 2 is 2.00 bits per heavy atom. The molecule has 6 heteroatoms. The van der Waals surface area contributed by atoms with Gasteiger partial charge in [0.1, 0.15) is 9.84 Å². The summed E-state index contributed by atoms with van der Waals surface area (Å²) < 4.78 is 40.9. The predicted octanol–water partition coefficient (Wildman–Crippen LogP) is 1.82. The van der Waals surface area contributed by atoms with E-state index in [-0.39, 0.29) is 23.3 Å². The normalized spacial score (nSPS) is 19.4. The van der Waals surface area contributed by atoms with Gasteiger partial charge in [-0.2, -0.15) is 0 Å². The maximum absolute atomic E-state index is 13.5. The molecule has 0 radical (unpaired) electrons. The van der Waals surface area contributed by atoms with Crippen LogP contribution in [0.3, 0.4) is 0 Å². The highest BCUT2D eigenvalue weighted by atomic mass is 32.2. The number of halogens is 1. The lowest BCUT2D eigenvalue weighted by Gasteiger charge is -2.24. The van der Waals surface area contributed by atoms with Crippen LogP contribution in [-0.2, 0) is 9.84 Å². The summed E-state index contributed by atoms with van der Waals surface area (Å²) in [7, 11) is -1.45. The van der Waals surface area contributed by atoms with E-state index < -0.39 is 15.7 Å². The van der Waals surface area contributed by atoms with Crippen molar-refractivity contribution in [3.05, 3.63) is 24.0 Å². The molecule has 0 atom stereocenters. The van der Waals surface area contributed by atoms with Crippen LogP contribution in [0.2, 0.25) is 0 Å². The number of methoxy groups -OCH3 is 1. The molecule has 1 heterocycles. The third-order valence-electron chi connectivity index (χ3n) is 3.08. The molecule has 0 aliphatic carbocycles. The van der Waals surface area contributed by atoms with E-state index >= 15 is 0 Å². The Labute approximate surface area is 106 Å². The average molecular weight is 273 g/mol. The predicted molar refractivity (Wildman–Crippen MR) is 68.3 cm³/mol. The number of benzene rings is 1. The number of hydrogen-bond donors (Lipinski definition) is 1. The Kier molecular flexibility index (Phi) is 3.75. The molecule has 1 N–H and O–H groups in total. The summed E-state index contributed by atoms with van der Waals surface area (Å²) in [6.07, 6.45) is 1.13. The minimum Gasteiger partial charge on any atom is -0.494 e. The van der Waals surface area contributed by atoms with Gasteiger partial charge in [-0.1, -0.05) is 0 Å². The van der Waals surface area contributed by atoms with Crippen molar-refractivity contribution in [3.63, 3.8) is 0 Å². The van der Waals surface area contributed by atoms with Gasteiger partial charge < -0.3 is 10.1 Å². The zero-order valence-corrected chi connectivity index (χ0v) is 11.0. The molecule has 0 aromatic heterocycles. The van der Waals surface area contributed by atoms with Crippen molar-refractivity contribution < 1.29 is 17.5 Å². The Bertz CT molecular complexity index is 516. The fraction of sp³-hybridized carbons (Fsp3) is 0.500. The minimum atomic E-state index is -2.86. The molecule has 1 aliphatic heterocycles. The summed E-state index contributed by atoms with van der Waals surface area (Å²) in [6.45, 7) is 0. The van der Waals surface area contributed by atoms with Crippen molar-refractivity contribution in [1.29, 1.82) is 0 Å². The van der Waals surface area contributed by atoms with E-state index in [2.05, 4.69) is 5.32 Å². The van der Waals surface area contributed by atoms with Crippen molar-refractivity contribution in [2.75, 3.05) is 23.9 Å². The van der Waals surface area contributed by atoms with Gasteiger partial charge in [0.25, 0.3) is 0 Å². The Hall–Kier alpha value is -1.30. The van der Waals surface area contributed by atoms with Gasteiger partial charge in [-0.05, 0) is 25.0 Å². The molecular formula is C12H16FNO3S. The molecule has 4 nitrogen and oxygen atoms in total. The zero-order chi connectivity index (χ0) is 13.2. The third-order valence-corrected chi connectivity index (χ3v) is 4.79. The molecule has 0 saturated carbocycles. The molecule has 1 saturated heterocycles. The first-order chi connectivity index (χ1) is 8.50. The second-order valence-corrected chi connectivity index (χ2v) is 6.72. The lowest BCUT2D eigenvalue weighted by atomic mass is 10.1. The van der Waals surface area contributed by atoms with E-state index in [4.69, 9.17) is 4.74 Å². The van der Waals surface area contributed by atoms with E-state index in [1.54, 1.807) is 12.1 Å². The Morgan fingerprint density at radius 1 is 1.33 bits per heavy atom. The summed E-state index contributed by atoms with van der Waals surface area (Å²) >= 11 is 0. The monoisotopic (exact) mass is 273 g/mol. The topological polar surface area (TPSA) is 55.4 Å². The fourth-order valence-electron chi connectivity index (χ4n) is 2.03. The molecule has 1 fully saturated rings. The molecule has 0 unspecified atom stereocenters. The Balaban J connectivity index is 2.00. The highest BCUT2D eigenvalue weighted by molar-refractivity contribution is 7.91. The standard InChI is InChI=1S/C12H16FNO3S/c1-17-12-3-2-10(8-11(12)13)14-9-4-6-18(15,16)7-5-9/h2-3,8-9,14H,4-7H2,1H3. The second kappa shape index (κ2) is 5.14. The van der Waals surface area contributed by atoms with Gasteiger partial charge in [-0.25, -0.2) is 12.8 Å². The first-order valence-electron chi connectivity index (χ1n) is 5.81. The summed E-state index contributed by atoms with van der Waals surface area (Å²) in [4.78, 5) is 0. The van der Waals surface area contributed by atoms with Gasteiger partial charge in [0, 0.05) is 17.8 Å². The van der Waals surface area contributed by atoms with E-state index in [1.165, 1.54) is 13.2 Å². The van der Waals surface area contributed by atoms with Crippen LogP contribution in [-0.4, -0.2) is 33.1 Å².